The van der Waals surface area contributed by atoms with Crippen molar-refractivity contribution in [1.29, 1.82) is 0 Å². The zero-order chi connectivity index (χ0) is 15.3. The van der Waals surface area contributed by atoms with Crippen LogP contribution in [0, 0.1) is 0 Å². The quantitative estimate of drug-likeness (QED) is 0.895. The van der Waals surface area contributed by atoms with Gasteiger partial charge in [0.15, 0.2) is 0 Å². The number of aliphatic hydroxyl groups excluding tert-OH is 1. The third-order valence-electron chi connectivity index (χ3n) is 2.72. The topological polar surface area (TPSA) is 52.6 Å². The summed E-state index contributed by atoms with van der Waals surface area (Å²) in [7, 11) is 1.30. The van der Waals surface area contributed by atoms with Gasteiger partial charge in [0.1, 0.15) is 0 Å². The molecule has 7 heteroatoms. The lowest BCUT2D eigenvalue weighted by molar-refractivity contribution is -0.135. The van der Waals surface area contributed by atoms with Gasteiger partial charge in [0.25, 0.3) is 0 Å². The van der Waals surface area contributed by atoms with Crippen molar-refractivity contribution in [2.45, 2.75) is 25.6 Å². The van der Waals surface area contributed by atoms with Gasteiger partial charge in [-0.3, -0.25) is 0 Å². The van der Waals surface area contributed by atoms with Crippen molar-refractivity contribution in [3.8, 4) is 0 Å². The fraction of sp³-hybridized carbons (Fsp3) is 0.462. The van der Waals surface area contributed by atoms with E-state index < -0.39 is 31.3 Å². The third-order valence-corrected chi connectivity index (χ3v) is 2.72. The molecular weight excluding hydrogens is 273 g/mol. The molecule has 0 saturated heterocycles. The van der Waals surface area contributed by atoms with Crippen LogP contribution in [0.15, 0.2) is 24.3 Å². The van der Waals surface area contributed by atoms with Crippen molar-refractivity contribution >= 4 is 11.7 Å². The van der Waals surface area contributed by atoms with Crippen molar-refractivity contribution in [2.75, 3.05) is 18.9 Å². The normalized spacial score (nSPS) is 12.9. The van der Waals surface area contributed by atoms with Gasteiger partial charge in [0.2, 0.25) is 0 Å². The Hall–Kier alpha value is -1.76. The highest BCUT2D eigenvalue weighted by atomic mass is 19.4. The summed E-state index contributed by atoms with van der Waals surface area (Å²) in [4.78, 5) is 12.6. The van der Waals surface area contributed by atoms with Gasteiger partial charge < -0.3 is 15.3 Å². The largest absolute Gasteiger partial charge is 0.390 e. The van der Waals surface area contributed by atoms with Crippen LogP contribution in [0.25, 0.3) is 0 Å². The molecule has 20 heavy (non-hydrogen) atoms. The third kappa shape index (κ3) is 5.48. The van der Waals surface area contributed by atoms with Gasteiger partial charge in [-0.15, -0.1) is 0 Å². The molecule has 0 bridgehead atoms. The molecule has 1 aromatic rings. The molecule has 1 unspecified atom stereocenters. The van der Waals surface area contributed by atoms with E-state index in [1.54, 1.807) is 31.2 Å². The Labute approximate surface area is 115 Å². The zero-order valence-corrected chi connectivity index (χ0v) is 11.2. The van der Waals surface area contributed by atoms with Gasteiger partial charge in [-0.2, -0.15) is 13.2 Å². The molecule has 4 nitrogen and oxygen atoms in total. The van der Waals surface area contributed by atoms with Crippen molar-refractivity contribution in [3.05, 3.63) is 29.8 Å². The summed E-state index contributed by atoms with van der Waals surface area (Å²) in [6, 6.07) is 5.82. The van der Waals surface area contributed by atoms with Crippen LogP contribution >= 0.6 is 0 Å². The Kier molecular flexibility index (Phi) is 5.38. The Morgan fingerprint density at radius 2 is 1.90 bits per heavy atom. The van der Waals surface area contributed by atoms with Crippen LogP contribution in [-0.4, -0.2) is 35.8 Å². The second-order valence-corrected chi connectivity index (χ2v) is 4.51. The number of rotatable bonds is 4. The number of nitrogens with zero attached hydrogens (tertiary/aromatic N) is 1. The lowest BCUT2D eigenvalue weighted by Crippen LogP contribution is -2.34. The van der Waals surface area contributed by atoms with Crippen LogP contribution < -0.4 is 5.32 Å². The molecule has 1 atom stereocenters. The molecule has 112 valence electrons. The number of carbonyl (C=O) groups excluding carboxylic acids is 1. The maximum Gasteiger partial charge on any atom is 0.390 e. The number of anilines is 1. The molecule has 0 radical (unpaired) electrons. The number of amides is 2. The average Bonchev–Trinajstić information content (AvgIpc) is 2.35. The fourth-order valence-corrected chi connectivity index (χ4v) is 1.46. The summed E-state index contributed by atoms with van der Waals surface area (Å²) >= 11 is 0. The van der Waals surface area contributed by atoms with Gasteiger partial charge in [-0.1, -0.05) is 12.1 Å². The molecule has 0 spiro atoms. The predicted octanol–water partition coefficient (Wildman–Crippen LogP) is 3.16. The summed E-state index contributed by atoms with van der Waals surface area (Å²) in [5.74, 6) is 0. The number of hydrogen-bond donors (Lipinski definition) is 2. The van der Waals surface area contributed by atoms with Crippen molar-refractivity contribution in [1.82, 2.24) is 4.90 Å². The molecular formula is C13H17F3N2O2. The lowest BCUT2D eigenvalue weighted by Gasteiger charge is -2.19. The van der Waals surface area contributed by atoms with Gasteiger partial charge in [-0.25, -0.2) is 4.79 Å². The molecule has 0 aliphatic heterocycles. The Balaban J connectivity index is 2.53. The highest BCUT2D eigenvalue weighted by Crippen LogP contribution is 2.20. The number of carbonyl (C=O) groups is 1. The average molecular weight is 290 g/mol. The maximum atomic E-state index is 12.0. The standard InChI is InChI=1S/C13H17F3N2O2/c1-9(19)10-3-5-11(6-4-10)17-12(20)18(2)8-7-13(14,15)16/h3-6,9,19H,7-8H2,1-2H3,(H,17,20). The summed E-state index contributed by atoms with van der Waals surface area (Å²) in [6.45, 7) is 1.21. The highest BCUT2D eigenvalue weighted by Gasteiger charge is 2.28. The first-order valence-electron chi connectivity index (χ1n) is 6.06. The second kappa shape index (κ2) is 6.60. The first kappa shape index (κ1) is 16.3. The molecule has 2 amide bonds. The summed E-state index contributed by atoms with van der Waals surface area (Å²) in [5.41, 5.74) is 1.15. The van der Waals surface area contributed by atoms with Crippen molar-refractivity contribution in [3.63, 3.8) is 0 Å². The van der Waals surface area contributed by atoms with E-state index in [0.29, 0.717) is 11.3 Å². The van der Waals surface area contributed by atoms with E-state index in [1.807, 2.05) is 0 Å². The van der Waals surface area contributed by atoms with E-state index >= 15 is 0 Å². The minimum atomic E-state index is -4.28. The Bertz CT molecular complexity index is 444. The van der Waals surface area contributed by atoms with Gasteiger partial charge in [0, 0.05) is 19.3 Å². The minimum Gasteiger partial charge on any atom is -0.389 e. The number of nitrogens with one attached hydrogen (secondary N) is 1. The fourth-order valence-electron chi connectivity index (χ4n) is 1.46. The van der Waals surface area contributed by atoms with Crippen LogP contribution in [0.5, 0.6) is 0 Å². The van der Waals surface area contributed by atoms with E-state index in [4.69, 9.17) is 0 Å². The predicted molar refractivity (Wildman–Crippen MR) is 69.4 cm³/mol. The van der Waals surface area contributed by atoms with Crippen molar-refractivity contribution < 1.29 is 23.1 Å². The number of alkyl halides is 3. The Morgan fingerprint density at radius 3 is 2.35 bits per heavy atom. The van der Waals surface area contributed by atoms with Gasteiger partial charge >= 0.3 is 12.2 Å². The molecule has 0 aliphatic rings. The van der Waals surface area contributed by atoms with Gasteiger partial charge in [-0.05, 0) is 24.6 Å². The van der Waals surface area contributed by atoms with E-state index in [0.717, 1.165) is 4.90 Å². The van der Waals surface area contributed by atoms with E-state index in [2.05, 4.69) is 5.32 Å². The highest BCUT2D eigenvalue weighted by molar-refractivity contribution is 5.89. The number of hydrogen-bond acceptors (Lipinski definition) is 2. The lowest BCUT2D eigenvalue weighted by atomic mass is 10.1. The smallest absolute Gasteiger partial charge is 0.389 e. The van der Waals surface area contributed by atoms with Crippen LogP contribution in [0.4, 0.5) is 23.7 Å². The molecule has 1 rings (SSSR count). The maximum absolute atomic E-state index is 12.0. The molecule has 2 N–H and O–H groups in total. The first-order chi connectivity index (χ1) is 9.19. The van der Waals surface area contributed by atoms with E-state index in [1.165, 1.54) is 7.05 Å². The van der Waals surface area contributed by atoms with Crippen LogP contribution in [0.1, 0.15) is 25.0 Å². The minimum absolute atomic E-state index is 0.402. The molecule has 0 aromatic heterocycles. The monoisotopic (exact) mass is 290 g/mol. The Morgan fingerprint density at radius 1 is 1.35 bits per heavy atom. The summed E-state index contributed by atoms with van der Waals surface area (Å²) in [5, 5.41) is 11.8. The molecule has 0 aliphatic carbocycles. The van der Waals surface area contributed by atoms with Crippen LogP contribution in [0.3, 0.4) is 0 Å². The number of urea groups is 1. The number of aliphatic hydroxyl groups is 1. The van der Waals surface area contributed by atoms with E-state index in [9.17, 15) is 23.1 Å². The van der Waals surface area contributed by atoms with Crippen LogP contribution in [-0.2, 0) is 0 Å². The number of halogens is 3. The van der Waals surface area contributed by atoms with Crippen molar-refractivity contribution in [2.24, 2.45) is 0 Å². The summed E-state index contributed by atoms with van der Waals surface area (Å²) in [6.07, 6.45) is -5.94. The zero-order valence-electron chi connectivity index (χ0n) is 11.2. The molecule has 0 saturated carbocycles. The SMILES string of the molecule is CC(O)c1ccc(NC(=O)N(C)CCC(F)(F)F)cc1. The van der Waals surface area contributed by atoms with E-state index in [-0.39, 0.29) is 0 Å². The molecule has 1 aromatic carbocycles. The van der Waals surface area contributed by atoms with Crippen LogP contribution in [0.2, 0.25) is 0 Å². The summed E-state index contributed by atoms with van der Waals surface area (Å²) < 4.78 is 36.1. The number of benzene rings is 1. The van der Waals surface area contributed by atoms with Gasteiger partial charge in [0.05, 0.1) is 12.5 Å². The molecule has 0 fully saturated rings. The first-order valence-corrected chi connectivity index (χ1v) is 6.06. The second-order valence-electron chi connectivity index (χ2n) is 4.51. The molecule has 0 heterocycles.